The fraction of sp³-hybridized carbons (Fsp3) is 0.375. The number of hydrogen-bond acceptors (Lipinski definition) is 6. The smallest absolute Gasteiger partial charge is 0.187 e. The second-order valence-electron chi connectivity index (χ2n) is 8.02. The third kappa shape index (κ3) is 3.72. The SMILES string of the molecule is CCc1cc2c(N3CCN(C=CC(=O)c4ccc5c(c4)CCC5)CC3)ncnc2s1. The van der Waals surface area contributed by atoms with E-state index in [4.69, 9.17) is 0 Å². The maximum absolute atomic E-state index is 12.6. The van der Waals surface area contributed by atoms with Gasteiger partial charge in [-0.25, -0.2) is 9.97 Å². The van der Waals surface area contributed by atoms with Crippen LogP contribution >= 0.6 is 11.3 Å². The van der Waals surface area contributed by atoms with Crippen molar-refractivity contribution in [2.75, 3.05) is 31.1 Å². The topological polar surface area (TPSA) is 49.3 Å². The predicted octanol–water partition coefficient (Wildman–Crippen LogP) is 4.26. The Labute approximate surface area is 181 Å². The molecule has 2 aromatic heterocycles. The quantitative estimate of drug-likeness (QED) is 0.458. The summed E-state index contributed by atoms with van der Waals surface area (Å²) in [6.07, 6.45) is 9.84. The Balaban J connectivity index is 1.23. The van der Waals surface area contributed by atoms with Crippen molar-refractivity contribution < 1.29 is 4.79 Å². The van der Waals surface area contributed by atoms with E-state index in [-0.39, 0.29) is 5.78 Å². The number of allylic oxidation sites excluding steroid dienone is 1. The zero-order valence-electron chi connectivity index (χ0n) is 17.3. The largest absolute Gasteiger partial charge is 0.374 e. The fourth-order valence-corrected chi connectivity index (χ4v) is 5.33. The van der Waals surface area contributed by atoms with Crippen LogP contribution in [0, 0.1) is 0 Å². The molecule has 0 amide bonds. The summed E-state index contributed by atoms with van der Waals surface area (Å²) >= 11 is 1.76. The molecule has 5 nitrogen and oxygen atoms in total. The average molecular weight is 419 g/mol. The summed E-state index contributed by atoms with van der Waals surface area (Å²) in [7, 11) is 0. The minimum absolute atomic E-state index is 0.0926. The van der Waals surface area contributed by atoms with E-state index in [1.807, 2.05) is 12.3 Å². The van der Waals surface area contributed by atoms with Gasteiger partial charge in [-0.2, -0.15) is 0 Å². The van der Waals surface area contributed by atoms with Crippen molar-refractivity contribution in [3.63, 3.8) is 0 Å². The Morgan fingerprint density at radius 2 is 1.93 bits per heavy atom. The number of ketones is 1. The number of aryl methyl sites for hydroxylation is 3. The molecular formula is C24H26N4OS. The van der Waals surface area contributed by atoms with Crippen molar-refractivity contribution in [3.8, 4) is 0 Å². The second-order valence-corrected chi connectivity index (χ2v) is 9.14. The van der Waals surface area contributed by atoms with Gasteiger partial charge in [0.15, 0.2) is 5.78 Å². The van der Waals surface area contributed by atoms with Crippen LogP contribution in [0.3, 0.4) is 0 Å². The number of thiophene rings is 1. The van der Waals surface area contributed by atoms with E-state index in [1.165, 1.54) is 22.4 Å². The first kappa shape index (κ1) is 19.2. The molecule has 1 aliphatic heterocycles. The lowest BCUT2D eigenvalue weighted by atomic mass is 10.0. The van der Waals surface area contributed by atoms with Crippen LogP contribution in [0.25, 0.3) is 10.2 Å². The first-order valence-electron chi connectivity index (χ1n) is 10.8. The lowest BCUT2D eigenvalue weighted by molar-refractivity contribution is 0.104. The molecule has 154 valence electrons. The molecule has 0 radical (unpaired) electrons. The number of aromatic nitrogens is 2. The van der Waals surface area contributed by atoms with Crippen molar-refractivity contribution in [1.82, 2.24) is 14.9 Å². The van der Waals surface area contributed by atoms with Crippen molar-refractivity contribution >= 4 is 33.2 Å². The highest BCUT2D eigenvalue weighted by molar-refractivity contribution is 7.18. The number of carbonyl (C=O) groups excluding carboxylic acids is 1. The Kier molecular flexibility index (Phi) is 5.25. The molecule has 3 aromatic rings. The predicted molar refractivity (Wildman–Crippen MR) is 123 cm³/mol. The van der Waals surface area contributed by atoms with Gasteiger partial charge in [0, 0.05) is 48.9 Å². The molecule has 1 saturated heterocycles. The molecule has 0 saturated carbocycles. The summed E-state index contributed by atoms with van der Waals surface area (Å²) in [6.45, 7) is 5.71. The number of anilines is 1. The maximum atomic E-state index is 12.6. The summed E-state index contributed by atoms with van der Waals surface area (Å²) < 4.78 is 0. The zero-order chi connectivity index (χ0) is 20.5. The fourth-order valence-electron chi connectivity index (χ4n) is 4.40. The third-order valence-corrected chi connectivity index (χ3v) is 7.33. The number of hydrogen-bond donors (Lipinski definition) is 0. The van der Waals surface area contributed by atoms with E-state index in [2.05, 4.69) is 44.9 Å². The van der Waals surface area contributed by atoms with Gasteiger partial charge >= 0.3 is 0 Å². The maximum Gasteiger partial charge on any atom is 0.187 e. The molecule has 0 N–H and O–H groups in total. The summed E-state index contributed by atoms with van der Waals surface area (Å²) in [4.78, 5) is 28.6. The molecule has 0 atom stereocenters. The molecule has 3 heterocycles. The highest BCUT2D eigenvalue weighted by Crippen LogP contribution is 2.31. The summed E-state index contributed by atoms with van der Waals surface area (Å²) in [5.74, 6) is 1.13. The molecule has 6 heteroatoms. The Bertz CT molecular complexity index is 1110. The number of carbonyl (C=O) groups is 1. The number of benzene rings is 1. The zero-order valence-corrected chi connectivity index (χ0v) is 18.1. The van der Waals surface area contributed by atoms with E-state index < -0.39 is 0 Å². The highest BCUT2D eigenvalue weighted by atomic mass is 32.1. The minimum atomic E-state index is 0.0926. The van der Waals surface area contributed by atoms with Crippen LogP contribution in [-0.4, -0.2) is 46.8 Å². The lowest BCUT2D eigenvalue weighted by Crippen LogP contribution is -2.44. The summed E-state index contributed by atoms with van der Waals surface area (Å²) in [5.41, 5.74) is 3.55. The Hall–Kier alpha value is -2.73. The molecule has 0 bridgehead atoms. The van der Waals surface area contributed by atoms with Gasteiger partial charge < -0.3 is 9.80 Å². The van der Waals surface area contributed by atoms with Crippen LogP contribution in [0.1, 0.15) is 39.7 Å². The first-order chi connectivity index (χ1) is 14.7. The molecule has 1 aliphatic carbocycles. The molecule has 30 heavy (non-hydrogen) atoms. The molecule has 5 rings (SSSR count). The van der Waals surface area contributed by atoms with Gasteiger partial charge in [0.1, 0.15) is 17.0 Å². The van der Waals surface area contributed by atoms with E-state index >= 15 is 0 Å². The number of piperazine rings is 1. The molecular weight excluding hydrogens is 392 g/mol. The lowest BCUT2D eigenvalue weighted by Gasteiger charge is -2.35. The van der Waals surface area contributed by atoms with Crippen molar-refractivity contribution in [3.05, 3.63) is 64.4 Å². The average Bonchev–Trinajstić information content (AvgIpc) is 3.43. The van der Waals surface area contributed by atoms with Crippen molar-refractivity contribution in [2.45, 2.75) is 32.6 Å². The van der Waals surface area contributed by atoms with Gasteiger partial charge in [-0.05, 0) is 48.9 Å². The first-order valence-corrected chi connectivity index (χ1v) is 11.6. The Morgan fingerprint density at radius 3 is 2.77 bits per heavy atom. The van der Waals surface area contributed by atoms with E-state index in [9.17, 15) is 4.79 Å². The van der Waals surface area contributed by atoms with Crippen molar-refractivity contribution in [2.24, 2.45) is 0 Å². The second kappa shape index (κ2) is 8.19. The minimum Gasteiger partial charge on any atom is -0.374 e. The van der Waals surface area contributed by atoms with Crippen LogP contribution < -0.4 is 4.90 Å². The number of fused-ring (bicyclic) bond motifs is 2. The standard InChI is InChI=1S/C24H26N4OS/c1-2-20-15-21-23(25-16-26-24(21)30-20)28-12-10-27(11-13-28)9-8-22(29)19-7-6-17-4-3-5-18(17)14-19/h6-9,14-16H,2-5,10-13H2,1H3. The molecule has 0 unspecified atom stereocenters. The molecule has 1 fully saturated rings. The Morgan fingerprint density at radius 1 is 1.10 bits per heavy atom. The van der Waals surface area contributed by atoms with Crippen LogP contribution in [0.4, 0.5) is 5.82 Å². The van der Waals surface area contributed by atoms with Gasteiger partial charge in [-0.15, -0.1) is 11.3 Å². The molecule has 0 spiro atoms. The van der Waals surface area contributed by atoms with E-state index in [1.54, 1.807) is 23.7 Å². The van der Waals surface area contributed by atoms with Gasteiger partial charge in [0.2, 0.25) is 0 Å². The van der Waals surface area contributed by atoms with Gasteiger partial charge in [-0.3, -0.25) is 4.79 Å². The highest BCUT2D eigenvalue weighted by Gasteiger charge is 2.20. The summed E-state index contributed by atoms with van der Waals surface area (Å²) in [6, 6.07) is 8.41. The van der Waals surface area contributed by atoms with Gasteiger partial charge in [-0.1, -0.05) is 19.1 Å². The third-order valence-electron chi connectivity index (χ3n) is 6.14. The van der Waals surface area contributed by atoms with E-state index in [0.717, 1.165) is 67.0 Å². The van der Waals surface area contributed by atoms with Crippen LogP contribution in [0.5, 0.6) is 0 Å². The van der Waals surface area contributed by atoms with Gasteiger partial charge in [0.05, 0.1) is 5.39 Å². The van der Waals surface area contributed by atoms with E-state index in [0.29, 0.717) is 0 Å². The molecule has 2 aliphatic rings. The number of rotatable bonds is 5. The summed E-state index contributed by atoms with van der Waals surface area (Å²) in [5, 5.41) is 1.16. The van der Waals surface area contributed by atoms with Crippen LogP contribution in [0.2, 0.25) is 0 Å². The number of nitrogens with zero attached hydrogens (tertiary/aromatic N) is 4. The monoisotopic (exact) mass is 418 g/mol. The van der Waals surface area contributed by atoms with Crippen LogP contribution in [0.15, 0.2) is 42.9 Å². The van der Waals surface area contributed by atoms with Crippen molar-refractivity contribution in [1.29, 1.82) is 0 Å². The molecule has 1 aromatic carbocycles. The van der Waals surface area contributed by atoms with Crippen LogP contribution in [-0.2, 0) is 19.3 Å². The normalized spacial score (nSPS) is 16.6. The van der Waals surface area contributed by atoms with Gasteiger partial charge in [0.25, 0.3) is 0 Å².